The van der Waals surface area contributed by atoms with Crippen LogP contribution >= 0.6 is 0 Å². The van der Waals surface area contributed by atoms with Crippen LogP contribution < -0.4 is 10.5 Å². The Hall–Kier alpha value is -1.23. The van der Waals surface area contributed by atoms with Crippen molar-refractivity contribution in [3.8, 4) is 5.75 Å². The van der Waals surface area contributed by atoms with Crippen molar-refractivity contribution in [1.82, 2.24) is 0 Å². The van der Waals surface area contributed by atoms with Crippen molar-refractivity contribution in [1.29, 1.82) is 0 Å². The number of halogens is 3. The van der Waals surface area contributed by atoms with Gasteiger partial charge in [-0.3, -0.25) is 0 Å². The van der Waals surface area contributed by atoms with Crippen molar-refractivity contribution in [3.05, 3.63) is 29.6 Å². The maximum absolute atomic E-state index is 13.5. The Morgan fingerprint density at radius 2 is 2.00 bits per heavy atom. The summed E-state index contributed by atoms with van der Waals surface area (Å²) < 4.78 is 44.3. The molecule has 0 atom stereocenters. The van der Waals surface area contributed by atoms with Gasteiger partial charge in [-0.15, -0.1) is 0 Å². The van der Waals surface area contributed by atoms with Crippen LogP contribution in [0.3, 0.4) is 0 Å². The Labute approximate surface area is 97.6 Å². The lowest BCUT2D eigenvalue weighted by Gasteiger charge is -2.47. The minimum atomic E-state index is -2.68. The first kappa shape index (κ1) is 12.2. The van der Waals surface area contributed by atoms with E-state index in [0.717, 1.165) is 0 Å². The molecule has 0 radical (unpaired) electrons. The highest BCUT2D eigenvalue weighted by atomic mass is 19.3. The molecule has 0 aliphatic heterocycles. The molecule has 17 heavy (non-hydrogen) atoms. The van der Waals surface area contributed by atoms with Crippen LogP contribution in [-0.2, 0) is 5.41 Å². The van der Waals surface area contributed by atoms with Crippen LogP contribution in [-0.4, -0.2) is 19.6 Å². The summed E-state index contributed by atoms with van der Waals surface area (Å²) in [5.41, 5.74) is 5.28. The first-order valence-electron chi connectivity index (χ1n) is 5.34. The van der Waals surface area contributed by atoms with E-state index in [4.69, 9.17) is 10.5 Å². The van der Waals surface area contributed by atoms with Crippen molar-refractivity contribution in [2.45, 2.75) is 24.2 Å². The van der Waals surface area contributed by atoms with Gasteiger partial charge in [0.25, 0.3) is 0 Å². The van der Waals surface area contributed by atoms with E-state index in [1.165, 1.54) is 19.2 Å². The molecule has 1 aliphatic carbocycles. The Balaban J connectivity index is 2.31. The van der Waals surface area contributed by atoms with Gasteiger partial charge in [-0.25, -0.2) is 13.2 Å². The van der Waals surface area contributed by atoms with Gasteiger partial charge < -0.3 is 10.5 Å². The maximum Gasteiger partial charge on any atom is 0.250 e. The molecule has 1 saturated carbocycles. The highest BCUT2D eigenvalue weighted by molar-refractivity contribution is 5.37. The summed E-state index contributed by atoms with van der Waals surface area (Å²) in [6.07, 6.45) is -0.634. The first-order valence-corrected chi connectivity index (χ1v) is 5.34. The summed E-state index contributed by atoms with van der Waals surface area (Å²) in [6.45, 7) is 0.0916. The quantitative estimate of drug-likeness (QED) is 0.887. The normalized spacial score (nSPS) is 20.8. The Morgan fingerprint density at radius 3 is 2.41 bits per heavy atom. The van der Waals surface area contributed by atoms with Gasteiger partial charge in [0.2, 0.25) is 5.92 Å². The average molecular weight is 245 g/mol. The molecule has 0 amide bonds. The van der Waals surface area contributed by atoms with Crippen molar-refractivity contribution in [3.63, 3.8) is 0 Å². The number of alkyl halides is 2. The first-order chi connectivity index (χ1) is 7.92. The predicted molar refractivity (Wildman–Crippen MR) is 57.9 cm³/mol. The molecule has 0 spiro atoms. The second-order valence-corrected chi connectivity index (χ2v) is 4.54. The Kier molecular flexibility index (Phi) is 2.81. The Bertz CT molecular complexity index is 426. The minimum absolute atomic E-state index is 0.0916. The third-order valence-electron chi connectivity index (χ3n) is 3.35. The molecular weight excluding hydrogens is 231 g/mol. The van der Waals surface area contributed by atoms with Crippen molar-refractivity contribution in [2.24, 2.45) is 5.73 Å². The molecular formula is C12H14F3NO. The molecule has 1 aliphatic rings. The monoisotopic (exact) mass is 245 g/mol. The highest BCUT2D eigenvalue weighted by Crippen LogP contribution is 2.53. The fraction of sp³-hybridized carbons (Fsp3) is 0.500. The maximum atomic E-state index is 13.5. The van der Waals surface area contributed by atoms with E-state index < -0.39 is 17.2 Å². The van der Waals surface area contributed by atoms with Gasteiger partial charge in [0, 0.05) is 24.8 Å². The molecule has 0 heterocycles. The van der Waals surface area contributed by atoms with Crippen LogP contribution in [0.4, 0.5) is 13.2 Å². The van der Waals surface area contributed by atoms with Gasteiger partial charge in [0.15, 0.2) is 11.6 Å². The third-order valence-corrected chi connectivity index (χ3v) is 3.35. The van der Waals surface area contributed by atoms with E-state index in [1.807, 2.05) is 0 Å². The standard InChI is InChI=1S/C12H14F3NO/c1-17-10-3-2-8(4-9(10)13)11(7-16)5-12(14,15)6-11/h2-4H,5-7,16H2,1H3. The molecule has 2 N–H and O–H groups in total. The van der Waals surface area contributed by atoms with Crippen LogP contribution in [0.2, 0.25) is 0 Å². The molecule has 0 saturated heterocycles. The molecule has 5 heteroatoms. The molecule has 1 aromatic carbocycles. The van der Waals surface area contributed by atoms with Crippen molar-refractivity contribution in [2.75, 3.05) is 13.7 Å². The van der Waals surface area contributed by atoms with Gasteiger partial charge in [-0.05, 0) is 17.7 Å². The molecule has 0 aromatic heterocycles. The fourth-order valence-corrected chi connectivity index (χ4v) is 2.40. The van der Waals surface area contributed by atoms with E-state index in [0.29, 0.717) is 5.56 Å². The lowest BCUT2D eigenvalue weighted by atomic mass is 9.62. The predicted octanol–water partition coefficient (Wildman–Crippen LogP) is 2.46. The van der Waals surface area contributed by atoms with E-state index in [9.17, 15) is 13.2 Å². The zero-order chi connectivity index (χ0) is 12.7. The summed E-state index contributed by atoms with van der Waals surface area (Å²) in [7, 11) is 1.36. The molecule has 1 fully saturated rings. The highest BCUT2D eigenvalue weighted by Gasteiger charge is 2.56. The second-order valence-electron chi connectivity index (χ2n) is 4.54. The van der Waals surface area contributed by atoms with Crippen LogP contribution in [0, 0.1) is 5.82 Å². The number of rotatable bonds is 3. The summed E-state index contributed by atoms with van der Waals surface area (Å²) in [4.78, 5) is 0. The SMILES string of the molecule is COc1ccc(C2(CN)CC(F)(F)C2)cc1F. The molecule has 94 valence electrons. The molecule has 0 unspecified atom stereocenters. The van der Waals surface area contributed by atoms with Crippen molar-refractivity contribution >= 4 is 0 Å². The van der Waals surface area contributed by atoms with Gasteiger partial charge in [-0.1, -0.05) is 6.07 Å². The summed E-state index contributed by atoms with van der Waals surface area (Å²) >= 11 is 0. The van der Waals surface area contributed by atoms with Gasteiger partial charge in [0.05, 0.1) is 7.11 Å². The number of hydrogen-bond acceptors (Lipinski definition) is 2. The van der Waals surface area contributed by atoms with Crippen molar-refractivity contribution < 1.29 is 17.9 Å². The molecule has 2 nitrogen and oxygen atoms in total. The van der Waals surface area contributed by atoms with Gasteiger partial charge >= 0.3 is 0 Å². The zero-order valence-corrected chi connectivity index (χ0v) is 9.47. The van der Waals surface area contributed by atoms with Crippen LogP contribution in [0.15, 0.2) is 18.2 Å². The summed E-state index contributed by atoms with van der Waals surface area (Å²) in [6, 6.07) is 4.28. The van der Waals surface area contributed by atoms with Crippen LogP contribution in [0.1, 0.15) is 18.4 Å². The number of ether oxygens (including phenoxy) is 1. The number of nitrogens with two attached hydrogens (primary N) is 1. The van der Waals surface area contributed by atoms with E-state index in [-0.39, 0.29) is 25.1 Å². The topological polar surface area (TPSA) is 35.2 Å². The second kappa shape index (κ2) is 3.91. The number of methoxy groups -OCH3 is 1. The van der Waals surface area contributed by atoms with Crippen LogP contribution in [0.5, 0.6) is 5.75 Å². The summed E-state index contributed by atoms with van der Waals surface area (Å²) in [5.74, 6) is -3.13. The molecule has 2 rings (SSSR count). The lowest BCUT2D eigenvalue weighted by molar-refractivity contribution is -0.123. The van der Waals surface area contributed by atoms with E-state index >= 15 is 0 Å². The van der Waals surface area contributed by atoms with Crippen LogP contribution in [0.25, 0.3) is 0 Å². The zero-order valence-electron chi connectivity index (χ0n) is 9.47. The minimum Gasteiger partial charge on any atom is -0.494 e. The average Bonchev–Trinajstić information content (AvgIpc) is 2.25. The summed E-state index contributed by atoms with van der Waals surface area (Å²) in [5, 5.41) is 0. The smallest absolute Gasteiger partial charge is 0.250 e. The van der Waals surface area contributed by atoms with Gasteiger partial charge in [0.1, 0.15) is 0 Å². The Morgan fingerprint density at radius 1 is 1.35 bits per heavy atom. The number of hydrogen-bond donors (Lipinski definition) is 1. The van der Waals surface area contributed by atoms with Gasteiger partial charge in [-0.2, -0.15) is 0 Å². The molecule has 0 bridgehead atoms. The number of benzene rings is 1. The van der Waals surface area contributed by atoms with E-state index in [1.54, 1.807) is 6.07 Å². The largest absolute Gasteiger partial charge is 0.494 e. The lowest BCUT2D eigenvalue weighted by Crippen LogP contribution is -2.53. The van der Waals surface area contributed by atoms with E-state index in [2.05, 4.69) is 0 Å². The fourth-order valence-electron chi connectivity index (χ4n) is 2.40. The third kappa shape index (κ3) is 1.99. The molecule has 1 aromatic rings.